The lowest BCUT2D eigenvalue weighted by atomic mass is 10.3. The minimum Gasteiger partial charge on any atom is -0.479 e. The van der Waals surface area contributed by atoms with E-state index in [4.69, 9.17) is 4.74 Å². The Hall–Kier alpha value is -1.36. The summed E-state index contributed by atoms with van der Waals surface area (Å²) in [5.74, 6) is 0.449. The van der Waals surface area contributed by atoms with Crippen LogP contribution in [-0.2, 0) is 0 Å². The van der Waals surface area contributed by atoms with Crippen molar-refractivity contribution in [3.05, 3.63) is 12.0 Å². The van der Waals surface area contributed by atoms with E-state index in [-0.39, 0.29) is 0 Å². The molecule has 14 heavy (non-hydrogen) atoms. The second kappa shape index (κ2) is 4.76. The maximum atomic E-state index is 9.43. The molecule has 1 aromatic heterocycles. The Morgan fingerprint density at radius 3 is 2.86 bits per heavy atom. The molecule has 0 radical (unpaired) electrons. The molecule has 1 heterocycles. The molecular formula is C9H15N3O2. The summed E-state index contributed by atoms with van der Waals surface area (Å²) in [6.45, 7) is 3.71. The number of hydrogen-bond acceptors (Lipinski definition) is 5. The van der Waals surface area contributed by atoms with Gasteiger partial charge < -0.3 is 15.2 Å². The van der Waals surface area contributed by atoms with Crippen LogP contribution in [0.4, 0.5) is 5.69 Å². The van der Waals surface area contributed by atoms with Crippen molar-refractivity contribution in [1.82, 2.24) is 9.97 Å². The van der Waals surface area contributed by atoms with E-state index >= 15 is 0 Å². The number of aliphatic hydroxyl groups is 1. The van der Waals surface area contributed by atoms with Crippen molar-refractivity contribution in [2.75, 3.05) is 12.4 Å². The van der Waals surface area contributed by atoms with Crippen LogP contribution in [0.3, 0.4) is 0 Å². The lowest BCUT2D eigenvalue weighted by Gasteiger charge is -2.15. The number of nitrogens with one attached hydrogen (secondary N) is 1. The molecule has 0 spiro atoms. The molecular weight excluding hydrogens is 182 g/mol. The van der Waals surface area contributed by atoms with E-state index in [1.807, 2.05) is 13.8 Å². The summed E-state index contributed by atoms with van der Waals surface area (Å²) in [6, 6.07) is 0. The number of anilines is 1. The molecule has 2 N–H and O–H groups in total. The summed E-state index contributed by atoms with van der Waals surface area (Å²) in [5.41, 5.74) is 1.40. The number of nitrogens with zero attached hydrogens (tertiary/aromatic N) is 2. The lowest BCUT2D eigenvalue weighted by Crippen LogP contribution is -2.19. The first-order valence-corrected chi connectivity index (χ1v) is 4.49. The van der Waals surface area contributed by atoms with Gasteiger partial charge in [-0.3, -0.25) is 0 Å². The number of methoxy groups -OCH3 is 1. The summed E-state index contributed by atoms with van der Waals surface area (Å²) in [7, 11) is 1.53. The number of ether oxygens (including phenoxy) is 1. The van der Waals surface area contributed by atoms with Crippen molar-refractivity contribution in [3.63, 3.8) is 0 Å². The third-order valence-corrected chi connectivity index (χ3v) is 1.89. The van der Waals surface area contributed by atoms with Gasteiger partial charge in [-0.25, -0.2) is 4.98 Å². The highest BCUT2D eigenvalue weighted by Gasteiger charge is 2.10. The molecule has 0 amide bonds. The summed E-state index contributed by atoms with van der Waals surface area (Å²) in [4.78, 5) is 7.95. The van der Waals surface area contributed by atoms with Crippen LogP contribution < -0.4 is 10.1 Å². The molecule has 1 unspecified atom stereocenters. The second-order valence-electron chi connectivity index (χ2n) is 2.91. The Morgan fingerprint density at radius 2 is 2.29 bits per heavy atom. The maximum absolute atomic E-state index is 9.43. The minimum atomic E-state index is -0.603. The molecule has 0 fully saturated rings. The van der Waals surface area contributed by atoms with E-state index in [0.717, 1.165) is 5.69 Å². The Bertz CT molecular complexity index is 304. The van der Waals surface area contributed by atoms with Crippen LogP contribution in [0, 0.1) is 6.92 Å². The SMILES string of the molecule is CCC(O)Nc1c(C)ncnc1OC. The van der Waals surface area contributed by atoms with Crippen LogP contribution >= 0.6 is 0 Å². The number of aryl methyl sites for hydroxylation is 1. The van der Waals surface area contributed by atoms with Gasteiger partial charge in [-0.15, -0.1) is 0 Å². The standard InChI is InChI=1S/C9H15N3O2/c1-4-7(13)12-8-6(2)10-5-11-9(8)14-3/h5,7,12-13H,4H2,1-3H3. The average Bonchev–Trinajstić information content (AvgIpc) is 2.20. The average molecular weight is 197 g/mol. The molecule has 1 aromatic rings. The highest BCUT2D eigenvalue weighted by Crippen LogP contribution is 2.23. The topological polar surface area (TPSA) is 67.3 Å². The van der Waals surface area contributed by atoms with E-state index in [0.29, 0.717) is 18.0 Å². The third-order valence-electron chi connectivity index (χ3n) is 1.89. The Labute approximate surface area is 83.2 Å². The van der Waals surface area contributed by atoms with Crippen molar-refractivity contribution in [2.45, 2.75) is 26.5 Å². The first kappa shape index (κ1) is 10.7. The molecule has 0 aliphatic rings. The van der Waals surface area contributed by atoms with Crippen LogP contribution in [0.5, 0.6) is 5.88 Å². The summed E-state index contributed by atoms with van der Waals surface area (Å²) < 4.78 is 5.05. The molecule has 0 saturated carbocycles. The fraction of sp³-hybridized carbons (Fsp3) is 0.556. The van der Waals surface area contributed by atoms with Crippen LogP contribution in [0.25, 0.3) is 0 Å². The maximum Gasteiger partial charge on any atom is 0.240 e. The van der Waals surface area contributed by atoms with Gasteiger partial charge in [-0.05, 0) is 13.3 Å². The third kappa shape index (κ3) is 2.32. The van der Waals surface area contributed by atoms with Gasteiger partial charge in [0.05, 0.1) is 12.8 Å². The van der Waals surface area contributed by atoms with Gasteiger partial charge in [0, 0.05) is 0 Å². The van der Waals surface area contributed by atoms with Gasteiger partial charge in [-0.2, -0.15) is 4.98 Å². The van der Waals surface area contributed by atoms with Gasteiger partial charge in [0.15, 0.2) is 0 Å². The van der Waals surface area contributed by atoms with Gasteiger partial charge in [0.2, 0.25) is 5.88 Å². The van der Waals surface area contributed by atoms with Crippen molar-refractivity contribution < 1.29 is 9.84 Å². The van der Waals surface area contributed by atoms with Crippen LogP contribution in [0.1, 0.15) is 19.0 Å². The van der Waals surface area contributed by atoms with Crippen molar-refractivity contribution in [3.8, 4) is 5.88 Å². The quantitative estimate of drug-likeness (QED) is 0.703. The summed E-state index contributed by atoms with van der Waals surface area (Å²) in [5, 5.41) is 12.3. The zero-order valence-electron chi connectivity index (χ0n) is 8.61. The number of rotatable bonds is 4. The first-order chi connectivity index (χ1) is 6.69. The predicted molar refractivity (Wildman–Crippen MR) is 53.2 cm³/mol. The Kier molecular flexibility index (Phi) is 3.64. The second-order valence-corrected chi connectivity index (χ2v) is 2.91. The largest absolute Gasteiger partial charge is 0.479 e. The van der Waals surface area contributed by atoms with Crippen LogP contribution in [0.15, 0.2) is 6.33 Å². The predicted octanol–water partition coefficient (Wildman–Crippen LogP) is 0.934. The summed E-state index contributed by atoms with van der Waals surface area (Å²) >= 11 is 0. The van der Waals surface area contributed by atoms with Crippen molar-refractivity contribution >= 4 is 5.69 Å². The fourth-order valence-corrected chi connectivity index (χ4v) is 1.04. The van der Waals surface area contributed by atoms with E-state index in [9.17, 15) is 5.11 Å². The lowest BCUT2D eigenvalue weighted by molar-refractivity contribution is 0.198. The monoisotopic (exact) mass is 197 g/mol. The number of aromatic nitrogens is 2. The van der Waals surface area contributed by atoms with Crippen LogP contribution in [-0.4, -0.2) is 28.4 Å². The molecule has 0 saturated heterocycles. The zero-order valence-corrected chi connectivity index (χ0v) is 8.61. The summed E-state index contributed by atoms with van der Waals surface area (Å²) in [6.07, 6.45) is 1.43. The highest BCUT2D eigenvalue weighted by atomic mass is 16.5. The molecule has 1 atom stereocenters. The van der Waals surface area contributed by atoms with Gasteiger partial charge in [-0.1, -0.05) is 6.92 Å². The van der Waals surface area contributed by atoms with E-state index in [2.05, 4.69) is 15.3 Å². The zero-order chi connectivity index (χ0) is 10.6. The molecule has 0 aliphatic carbocycles. The van der Waals surface area contributed by atoms with Crippen molar-refractivity contribution in [1.29, 1.82) is 0 Å². The van der Waals surface area contributed by atoms with E-state index in [1.165, 1.54) is 13.4 Å². The molecule has 5 heteroatoms. The fourth-order valence-electron chi connectivity index (χ4n) is 1.04. The van der Waals surface area contributed by atoms with Crippen LogP contribution in [0.2, 0.25) is 0 Å². The van der Waals surface area contributed by atoms with Gasteiger partial charge >= 0.3 is 0 Å². The normalized spacial score (nSPS) is 12.3. The molecule has 0 bridgehead atoms. The molecule has 0 aliphatic heterocycles. The smallest absolute Gasteiger partial charge is 0.240 e. The molecule has 1 rings (SSSR count). The number of hydrogen-bond donors (Lipinski definition) is 2. The number of aliphatic hydroxyl groups excluding tert-OH is 1. The van der Waals surface area contributed by atoms with Gasteiger partial charge in [0.25, 0.3) is 0 Å². The molecule has 5 nitrogen and oxygen atoms in total. The molecule has 0 aromatic carbocycles. The van der Waals surface area contributed by atoms with Gasteiger partial charge in [0.1, 0.15) is 18.2 Å². The molecule has 78 valence electrons. The van der Waals surface area contributed by atoms with E-state index in [1.54, 1.807) is 0 Å². The van der Waals surface area contributed by atoms with E-state index < -0.39 is 6.23 Å². The minimum absolute atomic E-state index is 0.449. The first-order valence-electron chi connectivity index (χ1n) is 4.49. The Balaban J connectivity index is 2.92. The Morgan fingerprint density at radius 1 is 1.57 bits per heavy atom. The van der Waals surface area contributed by atoms with Crippen molar-refractivity contribution in [2.24, 2.45) is 0 Å². The highest BCUT2D eigenvalue weighted by molar-refractivity contribution is 5.55.